The molecule has 0 amide bonds. The van der Waals surface area contributed by atoms with E-state index in [1.165, 1.54) is 24.3 Å². The van der Waals surface area contributed by atoms with Gasteiger partial charge >= 0.3 is 0 Å². The third-order valence-corrected chi connectivity index (χ3v) is 3.31. The van der Waals surface area contributed by atoms with Crippen molar-refractivity contribution in [2.24, 2.45) is 0 Å². The second-order valence-corrected chi connectivity index (χ2v) is 4.86. The van der Waals surface area contributed by atoms with E-state index in [2.05, 4.69) is 15.9 Å². The maximum atomic E-state index is 13.6. The Labute approximate surface area is 123 Å². The molecule has 0 aromatic heterocycles. The molecule has 2 aromatic rings. The molecule has 0 radical (unpaired) electrons. The summed E-state index contributed by atoms with van der Waals surface area (Å²) in [7, 11) is 0. The molecule has 0 unspecified atom stereocenters. The topological polar surface area (TPSA) is 26.3 Å². The highest BCUT2D eigenvalue weighted by Gasteiger charge is 2.17. The lowest BCUT2D eigenvalue weighted by Gasteiger charge is -2.08. The summed E-state index contributed by atoms with van der Waals surface area (Å²) < 4.78 is 32.7. The summed E-state index contributed by atoms with van der Waals surface area (Å²) >= 11 is 3.28. The van der Waals surface area contributed by atoms with Gasteiger partial charge in [-0.3, -0.25) is 4.79 Å². The lowest BCUT2D eigenvalue weighted by Crippen LogP contribution is -2.06. The molecule has 0 fully saturated rings. The number of hydrogen-bond acceptors (Lipinski definition) is 2. The Morgan fingerprint density at radius 2 is 2.00 bits per heavy atom. The monoisotopic (exact) mass is 340 g/mol. The third kappa shape index (κ3) is 2.88. The SMILES string of the molecule is CCOc1ccc(C(=O)c2cccc(F)c2F)cc1Br. The van der Waals surface area contributed by atoms with Crippen LogP contribution in [0.25, 0.3) is 0 Å². The van der Waals surface area contributed by atoms with E-state index in [0.717, 1.165) is 6.07 Å². The molecule has 104 valence electrons. The molecule has 0 spiro atoms. The molecule has 0 saturated carbocycles. The van der Waals surface area contributed by atoms with Gasteiger partial charge in [-0.25, -0.2) is 8.78 Å². The highest BCUT2D eigenvalue weighted by Crippen LogP contribution is 2.27. The summed E-state index contributed by atoms with van der Waals surface area (Å²) in [5.74, 6) is -2.17. The molecule has 20 heavy (non-hydrogen) atoms. The number of ether oxygens (including phenoxy) is 1. The molecule has 0 saturated heterocycles. The highest BCUT2D eigenvalue weighted by atomic mass is 79.9. The van der Waals surface area contributed by atoms with Crippen LogP contribution in [-0.2, 0) is 0 Å². The molecule has 2 rings (SSSR count). The van der Waals surface area contributed by atoms with Gasteiger partial charge in [-0.15, -0.1) is 0 Å². The minimum atomic E-state index is -1.14. The van der Waals surface area contributed by atoms with Crippen molar-refractivity contribution < 1.29 is 18.3 Å². The van der Waals surface area contributed by atoms with Crippen LogP contribution in [0.5, 0.6) is 5.75 Å². The van der Waals surface area contributed by atoms with E-state index in [1.807, 2.05) is 6.92 Å². The first-order valence-corrected chi connectivity index (χ1v) is 6.75. The van der Waals surface area contributed by atoms with Crippen LogP contribution < -0.4 is 4.74 Å². The van der Waals surface area contributed by atoms with E-state index >= 15 is 0 Å². The van der Waals surface area contributed by atoms with Gasteiger partial charge in [0.15, 0.2) is 17.4 Å². The molecule has 0 atom stereocenters. The van der Waals surface area contributed by atoms with Gasteiger partial charge in [0.05, 0.1) is 16.6 Å². The molecule has 0 aliphatic heterocycles. The minimum Gasteiger partial charge on any atom is -0.493 e. The van der Waals surface area contributed by atoms with Crippen molar-refractivity contribution in [1.82, 2.24) is 0 Å². The quantitative estimate of drug-likeness (QED) is 0.773. The van der Waals surface area contributed by atoms with Crippen LogP contribution in [0, 0.1) is 11.6 Å². The van der Waals surface area contributed by atoms with Gasteiger partial charge in [-0.1, -0.05) is 6.07 Å². The van der Waals surface area contributed by atoms with Crippen LogP contribution in [0.4, 0.5) is 8.78 Å². The van der Waals surface area contributed by atoms with Crippen LogP contribution in [0.3, 0.4) is 0 Å². The second-order valence-electron chi connectivity index (χ2n) is 4.01. The lowest BCUT2D eigenvalue weighted by atomic mass is 10.0. The lowest BCUT2D eigenvalue weighted by molar-refractivity contribution is 0.103. The van der Waals surface area contributed by atoms with Gasteiger partial charge in [-0.2, -0.15) is 0 Å². The molecular weight excluding hydrogens is 330 g/mol. The predicted octanol–water partition coefficient (Wildman–Crippen LogP) is 4.36. The Balaban J connectivity index is 2.39. The smallest absolute Gasteiger partial charge is 0.196 e. The maximum absolute atomic E-state index is 13.6. The van der Waals surface area contributed by atoms with Gasteiger partial charge in [-0.05, 0) is 53.2 Å². The normalized spacial score (nSPS) is 10.4. The van der Waals surface area contributed by atoms with E-state index in [1.54, 1.807) is 6.07 Å². The van der Waals surface area contributed by atoms with Gasteiger partial charge in [0.2, 0.25) is 0 Å². The minimum absolute atomic E-state index is 0.254. The van der Waals surface area contributed by atoms with Crippen LogP contribution in [0.1, 0.15) is 22.8 Å². The number of carbonyl (C=O) groups is 1. The van der Waals surface area contributed by atoms with Crippen molar-refractivity contribution in [3.05, 3.63) is 63.6 Å². The third-order valence-electron chi connectivity index (χ3n) is 2.69. The standard InChI is InChI=1S/C15H11BrF2O2/c1-2-20-13-7-6-9(8-11(13)16)15(19)10-4-3-5-12(17)14(10)18/h3-8H,2H2,1H3. The number of benzene rings is 2. The van der Waals surface area contributed by atoms with Crippen LogP contribution in [0.15, 0.2) is 40.9 Å². The molecular formula is C15H11BrF2O2. The fourth-order valence-electron chi connectivity index (χ4n) is 1.75. The highest BCUT2D eigenvalue weighted by molar-refractivity contribution is 9.10. The zero-order valence-corrected chi connectivity index (χ0v) is 12.2. The molecule has 0 heterocycles. The van der Waals surface area contributed by atoms with E-state index in [0.29, 0.717) is 16.8 Å². The average Bonchev–Trinajstić information content (AvgIpc) is 2.43. The molecule has 0 aliphatic carbocycles. The largest absolute Gasteiger partial charge is 0.493 e. The van der Waals surface area contributed by atoms with E-state index in [9.17, 15) is 13.6 Å². The fourth-order valence-corrected chi connectivity index (χ4v) is 2.24. The van der Waals surface area contributed by atoms with Crippen molar-refractivity contribution in [2.45, 2.75) is 6.92 Å². The summed E-state index contributed by atoms with van der Waals surface area (Å²) in [6.07, 6.45) is 0. The summed E-state index contributed by atoms with van der Waals surface area (Å²) in [5, 5.41) is 0. The molecule has 2 nitrogen and oxygen atoms in total. The van der Waals surface area contributed by atoms with Gasteiger partial charge in [0, 0.05) is 5.56 Å². The first kappa shape index (κ1) is 14.7. The number of rotatable bonds is 4. The van der Waals surface area contributed by atoms with Crippen LogP contribution in [0.2, 0.25) is 0 Å². The first-order valence-electron chi connectivity index (χ1n) is 5.95. The van der Waals surface area contributed by atoms with Gasteiger partial charge in [0.1, 0.15) is 5.75 Å². The number of halogens is 3. The second kappa shape index (κ2) is 6.13. The maximum Gasteiger partial charge on any atom is 0.196 e. The Hall–Kier alpha value is -1.75. The molecule has 0 bridgehead atoms. The Morgan fingerprint density at radius 3 is 2.65 bits per heavy atom. The van der Waals surface area contributed by atoms with E-state index < -0.39 is 17.4 Å². The summed E-state index contributed by atoms with van der Waals surface area (Å²) in [6.45, 7) is 2.33. The van der Waals surface area contributed by atoms with E-state index in [-0.39, 0.29) is 11.1 Å². The molecule has 0 N–H and O–H groups in total. The summed E-state index contributed by atoms with van der Waals surface area (Å²) in [5.41, 5.74) is -0.0362. The Kier molecular flexibility index (Phi) is 4.49. The van der Waals surface area contributed by atoms with Crippen LogP contribution in [-0.4, -0.2) is 12.4 Å². The van der Waals surface area contributed by atoms with Gasteiger partial charge < -0.3 is 4.74 Å². The van der Waals surface area contributed by atoms with Crippen LogP contribution >= 0.6 is 15.9 Å². The number of hydrogen-bond donors (Lipinski definition) is 0. The van der Waals surface area contributed by atoms with Gasteiger partial charge in [0.25, 0.3) is 0 Å². The van der Waals surface area contributed by atoms with Crippen molar-refractivity contribution in [2.75, 3.05) is 6.61 Å². The van der Waals surface area contributed by atoms with E-state index in [4.69, 9.17) is 4.74 Å². The van der Waals surface area contributed by atoms with Crippen molar-refractivity contribution in [1.29, 1.82) is 0 Å². The first-order chi connectivity index (χ1) is 9.54. The Morgan fingerprint density at radius 1 is 1.25 bits per heavy atom. The number of carbonyl (C=O) groups excluding carboxylic acids is 1. The summed E-state index contributed by atoms with van der Waals surface area (Å²) in [6, 6.07) is 8.18. The van der Waals surface area contributed by atoms with Crippen molar-refractivity contribution >= 4 is 21.7 Å². The zero-order chi connectivity index (χ0) is 14.7. The molecule has 0 aliphatic rings. The number of ketones is 1. The van der Waals surface area contributed by atoms with Crippen molar-refractivity contribution in [3.8, 4) is 5.75 Å². The zero-order valence-electron chi connectivity index (χ0n) is 10.6. The average molecular weight is 341 g/mol. The molecule has 2 aromatic carbocycles. The fraction of sp³-hybridized carbons (Fsp3) is 0.133. The Bertz CT molecular complexity index is 656. The van der Waals surface area contributed by atoms with Crippen molar-refractivity contribution in [3.63, 3.8) is 0 Å². The molecule has 5 heteroatoms. The predicted molar refractivity (Wildman–Crippen MR) is 75.1 cm³/mol. The summed E-state index contributed by atoms with van der Waals surface area (Å²) in [4.78, 5) is 12.2.